The first-order chi connectivity index (χ1) is 10.9. The minimum atomic E-state index is 0.693. The van der Waals surface area contributed by atoms with E-state index < -0.39 is 0 Å². The lowest BCUT2D eigenvalue weighted by molar-refractivity contribution is -0.672. The molecule has 0 saturated carbocycles. The fraction of sp³-hybridized carbons (Fsp3) is 0.0952. The van der Waals surface area contributed by atoms with Gasteiger partial charge in [-0.15, -0.1) is 12.3 Å². The fourth-order valence-corrected chi connectivity index (χ4v) is 2.45. The first-order valence-electron chi connectivity index (χ1n) is 7.30. The van der Waals surface area contributed by atoms with Crippen LogP contribution in [0.2, 0.25) is 0 Å². The number of para-hydroxylation sites is 1. The topological polar surface area (TPSA) is 3.88 Å². The SMILES string of the molecule is C#CCC[n+]1c(C#Cc2ccccc2)ccc2ccccc21. The van der Waals surface area contributed by atoms with Crippen molar-refractivity contribution in [2.24, 2.45) is 0 Å². The minimum Gasteiger partial charge on any atom is -0.183 e. The lowest BCUT2D eigenvalue weighted by Crippen LogP contribution is -2.38. The Kier molecular flexibility index (Phi) is 4.19. The number of benzene rings is 2. The largest absolute Gasteiger partial charge is 0.257 e. The zero-order valence-electron chi connectivity index (χ0n) is 12.3. The summed E-state index contributed by atoms with van der Waals surface area (Å²) in [6, 6.07) is 22.5. The van der Waals surface area contributed by atoms with Crippen LogP contribution in [0.3, 0.4) is 0 Å². The number of pyridine rings is 1. The molecule has 0 radical (unpaired) electrons. The summed E-state index contributed by atoms with van der Waals surface area (Å²) in [6.45, 7) is 0.774. The molecular formula is C21H16N+. The Morgan fingerprint density at radius 3 is 2.41 bits per heavy atom. The number of aromatic nitrogens is 1. The third-order valence-electron chi connectivity index (χ3n) is 3.53. The molecule has 3 aromatic rings. The minimum absolute atomic E-state index is 0.693. The molecule has 1 nitrogen and oxygen atoms in total. The molecule has 0 aliphatic rings. The van der Waals surface area contributed by atoms with Gasteiger partial charge in [0.1, 0.15) is 0 Å². The van der Waals surface area contributed by atoms with Gasteiger partial charge in [-0.2, -0.15) is 4.57 Å². The first kappa shape index (κ1) is 13.9. The van der Waals surface area contributed by atoms with Gasteiger partial charge in [0.25, 0.3) is 5.69 Å². The third kappa shape index (κ3) is 3.00. The highest BCUT2D eigenvalue weighted by Gasteiger charge is 2.12. The molecule has 3 rings (SSSR count). The monoisotopic (exact) mass is 282 g/mol. The van der Waals surface area contributed by atoms with Crippen molar-refractivity contribution in [2.45, 2.75) is 13.0 Å². The molecule has 1 heteroatoms. The van der Waals surface area contributed by atoms with Gasteiger partial charge in [0, 0.05) is 29.0 Å². The lowest BCUT2D eigenvalue weighted by atomic mass is 10.1. The van der Waals surface area contributed by atoms with Gasteiger partial charge < -0.3 is 0 Å². The lowest BCUT2D eigenvalue weighted by Gasteiger charge is -2.02. The van der Waals surface area contributed by atoms with Crippen LogP contribution in [-0.2, 0) is 6.54 Å². The summed E-state index contributed by atoms with van der Waals surface area (Å²) in [5.41, 5.74) is 3.16. The molecule has 1 aromatic heterocycles. The highest BCUT2D eigenvalue weighted by Crippen LogP contribution is 2.10. The van der Waals surface area contributed by atoms with Crippen LogP contribution in [0, 0.1) is 24.2 Å². The molecule has 2 aromatic carbocycles. The number of rotatable bonds is 2. The quantitative estimate of drug-likeness (QED) is 0.500. The molecule has 0 saturated heterocycles. The molecule has 0 bridgehead atoms. The second-order valence-electron chi connectivity index (χ2n) is 5.00. The highest BCUT2D eigenvalue weighted by atomic mass is 15.0. The van der Waals surface area contributed by atoms with E-state index in [4.69, 9.17) is 6.42 Å². The molecule has 104 valence electrons. The van der Waals surface area contributed by atoms with Gasteiger partial charge in [-0.1, -0.05) is 36.3 Å². The Hall–Kier alpha value is -3.03. The third-order valence-corrected chi connectivity index (χ3v) is 3.53. The van der Waals surface area contributed by atoms with Crippen molar-refractivity contribution in [2.75, 3.05) is 0 Å². The first-order valence-corrected chi connectivity index (χ1v) is 7.30. The number of aryl methyl sites for hydroxylation is 1. The average molecular weight is 282 g/mol. The van der Waals surface area contributed by atoms with Crippen LogP contribution < -0.4 is 4.57 Å². The summed E-state index contributed by atoms with van der Waals surface area (Å²) in [5.74, 6) is 9.21. The maximum absolute atomic E-state index is 5.44. The molecule has 0 fully saturated rings. The zero-order chi connectivity index (χ0) is 15.2. The fourth-order valence-electron chi connectivity index (χ4n) is 2.45. The van der Waals surface area contributed by atoms with E-state index >= 15 is 0 Å². The predicted molar refractivity (Wildman–Crippen MR) is 90.0 cm³/mol. The predicted octanol–water partition coefficient (Wildman–Crippen LogP) is 3.55. The Morgan fingerprint density at radius 2 is 1.59 bits per heavy atom. The van der Waals surface area contributed by atoms with Crippen LogP contribution in [0.25, 0.3) is 10.9 Å². The van der Waals surface area contributed by atoms with Gasteiger partial charge in [0.05, 0.1) is 6.42 Å². The van der Waals surface area contributed by atoms with Crippen LogP contribution >= 0.6 is 0 Å². The molecule has 0 aliphatic heterocycles. The number of hydrogen-bond acceptors (Lipinski definition) is 0. The van der Waals surface area contributed by atoms with Crippen molar-refractivity contribution in [1.82, 2.24) is 0 Å². The van der Waals surface area contributed by atoms with E-state index in [1.54, 1.807) is 0 Å². The van der Waals surface area contributed by atoms with Crippen molar-refractivity contribution in [3.8, 4) is 24.2 Å². The zero-order valence-corrected chi connectivity index (χ0v) is 12.3. The second kappa shape index (κ2) is 6.61. The molecule has 0 aliphatic carbocycles. The van der Waals surface area contributed by atoms with Crippen LogP contribution in [0.4, 0.5) is 0 Å². The second-order valence-corrected chi connectivity index (χ2v) is 5.00. The van der Waals surface area contributed by atoms with E-state index in [2.05, 4.69) is 46.6 Å². The van der Waals surface area contributed by atoms with Gasteiger partial charge in [-0.05, 0) is 24.3 Å². The summed E-state index contributed by atoms with van der Waals surface area (Å²) < 4.78 is 2.20. The van der Waals surface area contributed by atoms with E-state index in [-0.39, 0.29) is 0 Å². The highest BCUT2D eigenvalue weighted by molar-refractivity contribution is 5.75. The normalized spacial score (nSPS) is 9.77. The van der Waals surface area contributed by atoms with Crippen molar-refractivity contribution >= 4 is 10.9 Å². The van der Waals surface area contributed by atoms with Crippen molar-refractivity contribution in [1.29, 1.82) is 0 Å². The van der Waals surface area contributed by atoms with E-state index in [0.29, 0.717) is 6.42 Å². The van der Waals surface area contributed by atoms with Crippen molar-refractivity contribution in [3.63, 3.8) is 0 Å². The molecule has 0 atom stereocenters. The maximum Gasteiger partial charge on any atom is 0.257 e. The molecule has 0 N–H and O–H groups in total. The molecular weight excluding hydrogens is 266 g/mol. The molecule has 0 amide bonds. The summed E-state index contributed by atoms with van der Waals surface area (Å²) >= 11 is 0. The van der Waals surface area contributed by atoms with Crippen LogP contribution in [-0.4, -0.2) is 0 Å². The maximum atomic E-state index is 5.44. The molecule has 0 unspecified atom stereocenters. The van der Waals surface area contributed by atoms with Gasteiger partial charge in [-0.25, -0.2) is 0 Å². The summed E-state index contributed by atoms with van der Waals surface area (Å²) in [7, 11) is 0. The van der Waals surface area contributed by atoms with Crippen LogP contribution in [0.15, 0.2) is 66.7 Å². The average Bonchev–Trinajstić information content (AvgIpc) is 2.59. The Bertz CT molecular complexity index is 890. The standard InChI is InChI=1S/C21H16N/c1-2-3-17-22-20(15-13-18-9-5-4-6-10-18)16-14-19-11-7-8-12-21(19)22/h1,4-12,14,16H,3,17H2/q+1. The Labute approximate surface area is 131 Å². The van der Waals surface area contributed by atoms with Gasteiger partial charge >= 0.3 is 0 Å². The van der Waals surface area contributed by atoms with E-state index in [1.807, 2.05) is 42.5 Å². The van der Waals surface area contributed by atoms with E-state index in [9.17, 15) is 0 Å². The van der Waals surface area contributed by atoms with Crippen LogP contribution in [0.1, 0.15) is 17.7 Å². The summed E-state index contributed by atoms with van der Waals surface area (Å²) in [4.78, 5) is 0. The molecule has 22 heavy (non-hydrogen) atoms. The Balaban J connectivity index is 2.09. The summed E-state index contributed by atoms with van der Waals surface area (Å²) in [6.07, 6.45) is 6.13. The number of fused-ring (bicyclic) bond motifs is 1. The Morgan fingerprint density at radius 1 is 0.818 bits per heavy atom. The smallest absolute Gasteiger partial charge is 0.183 e. The number of nitrogens with zero attached hydrogens (tertiary/aromatic N) is 1. The van der Waals surface area contributed by atoms with Gasteiger partial charge in [0.15, 0.2) is 6.54 Å². The number of hydrogen-bond donors (Lipinski definition) is 0. The van der Waals surface area contributed by atoms with E-state index in [1.165, 1.54) is 5.39 Å². The molecule has 1 heterocycles. The van der Waals surface area contributed by atoms with Crippen molar-refractivity contribution < 1.29 is 4.57 Å². The van der Waals surface area contributed by atoms with Gasteiger partial charge in [-0.3, -0.25) is 0 Å². The van der Waals surface area contributed by atoms with Crippen molar-refractivity contribution in [3.05, 3.63) is 78.0 Å². The van der Waals surface area contributed by atoms with Crippen LogP contribution in [0.5, 0.6) is 0 Å². The van der Waals surface area contributed by atoms with E-state index in [0.717, 1.165) is 23.3 Å². The summed E-state index contributed by atoms with van der Waals surface area (Å²) in [5, 5.41) is 1.20. The molecule has 0 spiro atoms. The van der Waals surface area contributed by atoms with Gasteiger partial charge in [0.2, 0.25) is 5.52 Å². The number of terminal acetylenes is 1.